The highest BCUT2D eigenvalue weighted by Crippen LogP contribution is 2.18. The van der Waals surface area contributed by atoms with E-state index in [1.807, 2.05) is 45.0 Å². The third-order valence-corrected chi connectivity index (χ3v) is 2.75. The molecule has 1 aromatic rings. The van der Waals surface area contributed by atoms with Gasteiger partial charge in [0, 0.05) is 10.5 Å². The van der Waals surface area contributed by atoms with Crippen LogP contribution in [0, 0.1) is 0 Å². The van der Waals surface area contributed by atoms with E-state index in [0.717, 1.165) is 10.0 Å². The first-order valence-corrected chi connectivity index (χ1v) is 6.52. The molecule has 1 N–H and O–H groups in total. The number of carbonyl (C=O) groups is 1. The van der Waals surface area contributed by atoms with Gasteiger partial charge < -0.3 is 4.74 Å². The molecule has 4 heteroatoms. The highest BCUT2D eigenvalue weighted by atomic mass is 79.9. The number of halogens is 1. The van der Waals surface area contributed by atoms with Crippen molar-refractivity contribution in [3.05, 3.63) is 34.3 Å². The molecule has 0 aliphatic heterocycles. The summed E-state index contributed by atoms with van der Waals surface area (Å²) in [4.78, 5) is 11.9. The lowest BCUT2D eigenvalue weighted by molar-refractivity contribution is -0.146. The molecule has 3 nitrogen and oxygen atoms in total. The molecule has 1 rings (SSSR count). The van der Waals surface area contributed by atoms with E-state index in [-0.39, 0.29) is 12.0 Å². The van der Waals surface area contributed by atoms with Gasteiger partial charge in [-0.15, -0.1) is 0 Å². The molecule has 0 heterocycles. The molecule has 0 aromatic heterocycles. The van der Waals surface area contributed by atoms with E-state index in [9.17, 15) is 4.79 Å². The minimum Gasteiger partial charge on any atom is -0.465 e. The number of hydrogen-bond acceptors (Lipinski definition) is 3. The first kappa shape index (κ1) is 14.2. The number of ether oxygens (including phenoxy) is 1. The Bertz CT molecular complexity index is 362. The Hall–Kier alpha value is -0.870. The molecule has 0 aliphatic rings. The fraction of sp³-hybridized carbons (Fsp3) is 0.462. The number of benzene rings is 1. The Balaban J connectivity index is 2.89. The smallest absolute Gasteiger partial charge is 0.327 e. The molecule has 17 heavy (non-hydrogen) atoms. The Kier molecular flexibility index (Phi) is 5.65. The second-order valence-corrected chi connectivity index (χ2v) is 4.97. The normalized spacial score (nSPS) is 12.5. The van der Waals surface area contributed by atoms with E-state index in [2.05, 4.69) is 21.2 Å². The van der Waals surface area contributed by atoms with E-state index in [0.29, 0.717) is 6.61 Å². The summed E-state index contributed by atoms with van der Waals surface area (Å²) in [5, 5.41) is 3.21. The quantitative estimate of drug-likeness (QED) is 0.849. The fourth-order valence-electron chi connectivity index (χ4n) is 1.51. The lowest BCUT2D eigenvalue weighted by Crippen LogP contribution is -2.34. The molecule has 0 saturated heterocycles. The Labute approximate surface area is 111 Å². The molecule has 0 aliphatic carbocycles. The third kappa shape index (κ3) is 4.48. The van der Waals surface area contributed by atoms with E-state index in [4.69, 9.17) is 4.74 Å². The van der Waals surface area contributed by atoms with Crippen LogP contribution in [0.3, 0.4) is 0 Å². The minimum atomic E-state index is -0.400. The van der Waals surface area contributed by atoms with E-state index < -0.39 is 6.04 Å². The standard InChI is InChI=1S/C13H18BrNO2/c1-4-17-13(16)12(15-9(2)3)10-5-7-11(14)8-6-10/h5-9,12,15H,4H2,1-3H3. The zero-order valence-electron chi connectivity index (χ0n) is 10.4. The maximum atomic E-state index is 11.9. The van der Waals surface area contributed by atoms with Gasteiger partial charge in [0.15, 0.2) is 0 Å². The minimum absolute atomic E-state index is 0.216. The van der Waals surface area contributed by atoms with Crippen molar-refractivity contribution in [1.29, 1.82) is 0 Å². The van der Waals surface area contributed by atoms with E-state index in [1.165, 1.54) is 0 Å². The average Bonchev–Trinajstić information content (AvgIpc) is 2.27. The Morgan fingerprint density at radius 3 is 2.41 bits per heavy atom. The molecular weight excluding hydrogens is 282 g/mol. The van der Waals surface area contributed by atoms with E-state index in [1.54, 1.807) is 0 Å². The number of esters is 1. The molecular formula is C13H18BrNO2. The van der Waals surface area contributed by atoms with Crippen molar-refractivity contribution >= 4 is 21.9 Å². The van der Waals surface area contributed by atoms with Crippen molar-refractivity contribution in [3.63, 3.8) is 0 Å². The lowest BCUT2D eigenvalue weighted by atomic mass is 10.1. The molecule has 0 spiro atoms. The van der Waals surface area contributed by atoms with Gasteiger partial charge in [0.2, 0.25) is 0 Å². The first-order valence-electron chi connectivity index (χ1n) is 5.72. The third-order valence-electron chi connectivity index (χ3n) is 2.23. The zero-order chi connectivity index (χ0) is 12.8. The molecule has 0 bridgehead atoms. The molecule has 0 saturated carbocycles. The van der Waals surface area contributed by atoms with Crippen LogP contribution < -0.4 is 5.32 Å². The van der Waals surface area contributed by atoms with Gasteiger partial charge in [0.1, 0.15) is 6.04 Å². The van der Waals surface area contributed by atoms with Crippen LogP contribution in [0.2, 0.25) is 0 Å². The molecule has 1 unspecified atom stereocenters. The maximum absolute atomic E-state index is 11.9. The van der Waals surface area contributed by atoms with Gasteiger partial charge in [0.05, 0.1) is 6.61 Å². The topological polar surface area (TPSA) is 38.3 Å². The molecule has 0 radical (unpaired) electrons. The van der Waals surface area contributed by atoms with Crippen LogP contribution in [-0.2, 0) is 9.53 Å². The van der Waals surface area contributed by atoms with Crippen molar-refractivity contribution < 1.29 is 9.53 Å². The second kappa shape index (κ2) is 6.77. The molecule has 94 valence electrons. The van der Waals surface area contributed by atoms with Crippen molar-refractivity contribution in [2.24, 2.45) is 0 Å². The van der Waals surface area contributed by atoms with Crippen LogP contribution in [0.25, 0.3) is 0 Å². The summed E-state index contributed by atoms with van der Waals surface area (Å²) in [7, 11) is 0. The highest BCUT2D eigenvalue weighted by molar-refractivity contribution is 9.10. The van der Waals surface area contributed by atoms with E-state index >= 15 is 0 Å². The monoisotopic (exact) mass is 299 g/mol. The highest BCUT2D eigenvalue weighted by Gasteiger charge is 2.22. The van der Waals surface area contributed by atoms with Crippen LogP contribution in [0.5, 0.6) is 0 Å². The fourth-order valence-corrected chi connectivity index (χ4v) is 1.78. The van der Waals surface area contributed by atoms with Gasteiger partial charge in [-0.2, -0.15) is 0 Å². The Morgan fingerprint density at radius 2 is 1.94 bits per heavy atom. The molecule has 1 atom stereocenters. The summed E-state index contributed by atoms with van der Waals surface area (Å²) in [5.41, 5.74) is 0.917. The van der Waals surface area contributed by atoms with Crippen LogP contribution in [-0.4, -0.2) is 18.6 Å². The van der Waals surface area contributed by atoms with Crippen molar-refractivity contribution in [1.82, 2.24) is 5.32 Å². The molecule has 0 amide bonds. The molecule has 0 fully saturated rings. The van der Waals surface area contributed by atoms with Gasteiger partial charge in [-0.05, 0) is 38.5 Å². The summed E-state index contributed by atoms with van der Waals surface area (Å²) in [6.45, 7) is 6.22. The van der Waals surface area contributed by atoms with Crippen LogP contribution in [0.4, 0.5) is 0 Å². The van der Waals surface area contributed by atoms with Gasteiger partial charge in [-0.3, -0.25) is 5.32 Å². The summed E-state index contributed by atoms with van der Waals surface area (Å²) in [6.07, 6.45) is 0. The summed E-state index contributed by atoms with van der Waals surface area (Å²) in [5.74, 6) is -0.233. The largest absolute Gasteiger partial charge is 0.465 e. The Morgan fingerprint density at radius 1 is 1.35 bits per heavy atom. The van der Waals surface area contributed by atoms with Crippen LogP contribution >= 0.6 is 15.9 Å². The van der Waals surface area contributed by atoms with Gasteiger partial charge in [-0.1, -0.05) is 28.1 Å². The van der Waals surface area contributed by atoms with Crippen molar-refractivity contribution in [3.8, 4) is 0 Å². The summed E-state index contributed by atoms with van der Waals surface area (Å²) >= 11 is 3.38. The van der Waals surface area contributed by atoms with Gasteiger partial charge >= 0.3 is 5.97 Å². The van der Waals surface area contributed by atoms with Crippen molar-refractivity contribution in [2.75, 3.05) is 6.61 Å². The number of nitrogens with one attached hydrogen (secondary N) is 1. The first-order chi connectivity index (χ1) is 8.04. The predicted octanol–water partition coefficient (Wildman–Crippen LogP) is 3.05. The lowest BCUT2D eigenvalue weighted by Gasteiger charge is -2.20. The summed E-state index contributed by atoms with van der Waals surface area (Å²) < 4.78 is 6.07. The van der Waals surface area contributed by atoms with Crippen molar-refractivity contribution in [2.45, 2.75) is 32.9 Å². The van der Waals surface area contributed by atoms with Crippen LogP contribution in [0.1, 0.15) is 32.4 Å². The molecule has 1 aromatic carbocycles. The van der Waals surface area contributed by atoms with Crippen LogP contribution in [0.15, 0.2) is 28.7 Å². The summed E-state index contributed by atoms with van der Waals surface area (Å²) in [6, 6.07) is 7.49. The van der Waals surface area contributed by atoms with Gasteiger partial charge in [0.25, 0.3) is 0 Å². The number of rotatable bonds is 5. The predicted molar refractivity (Wildman–Crippen MR) is 71.8 cm³/mol. The number of carbonyl (C=O) groups excluding carboxylic acids is 1. The average molecular weight is 300 g/mol. The SMILES string of the molecule is CCOC(=O)C(NC(C)C)c1ccc(Br)cc1. The zero-order valence-corrected chi connectivity index (χ0v) is 12.0. The number of hydrogen-bond donors (Lipinski definition) is 1. The maximum Gasteiger partial charge on any atom is 0.327 e. The van der Waals surface area contributed by atoms with Gasteiger partial charge in [-0.25, -0.2) is 4.79 Å². The second-order valence-electron chi connectivity index (χ2n) is 4.06.